The van der Waals surface area contributed by atoms with E-state index in [9.17, 15) is 0 Å². The summed E-state index contributed by atoms with van der Waals surface area (Å²) in [6, 6.07) is 10.8. The first-order valence-corrected chi connectivity index (χ1v) is 6.53. The lowest BCUT2D eigenvalue weighted by Gasteiger charge is -2.13. The van der Waals surface area contributed by atoms with E-state index in [-0.39, 0.29) is 6.04 Å². The molecule has 2 N–H and O–H groups in total. The van der Waals surface area contributed by atoms with Gasteiger partial charge in [0.05, 0.1) is 0 Å². The monoisotopic (exact) mass is 242 g/mol. The number of rotatable bonds is 4. The second kappa shape index (κ2) is 5.40. The lowest BCUT2D eigenvalue weighted by Crippen LogP contribution is -2.15. The van der Waals surface area contributed by atoms with Crippen molar-refractivity contribution in [1.29, 1.82) is 0 Å². The highest BCUT2D eigenvalue weighted by Crippen LogP contribution is 2.19. The van der Waals surface area contributed by atoms with Crippen LogP contribution in [-0.4, -0.2) is 4.57 Å². The number of aromatic nitrogens is 1. The quantitative estimate of drug-likeness (QED) is 0.874. The van der Waals surface area contributed by atoms with Crippen LogP contribution in [0.2, 0.25) is 0 Å². The second-order valence-corrected chi connectivity index (χ2v) is 5.31. The summed E-state index contributed by atoms with van der Waals surface area (Å²) in [5.41, 5.74) is 10.1. The molecule has 1 atom stereocenters. The fourth-order valence-corrected chi connectivity index (χ4v) is 2.12. The third kappa shape index (κ3) is 2.82. The molecule has 0 bridgehead atoms. The van der Waals surface area contributed by atoms with Crippen LogP contribution in [-0.2, 0) is 6.54 Å². The standard InChI is InChI=1S/C16H22N2/c1-12(2)16(17)15-8-9-18(11-15)10-14-7-5-4-6-13(14)3/h4-9,11-12,16H,10,17H2,1-3H3. The van der Waals surface area contributed by atoms with Gasteiger partial charge in [0.1, 0.15) is 0 Å². The molecule has 0 aliphatic carbocycles. The van der Waals surface area contributed by atoms with Crippen molar-refractivity contribution in [3.8, 4) is 0 Å². The summed E-state index contributed by atoms with van der Waals surface area (Å²) < 4.78 is 2.21. The van der Waals surface area contributed by atoms with E-state index in [1.54, 1.807) is 0 Å². The van der Waals surface area contributed by atoms with Crippen LogP contribution in [0.5, 0.6) is 0 Å². The van der Waals surface area contributed by atoms with Crippen molar-refractivity contribution < 1.29 is 0 Å². The van der Waals surface area contributed by atoms with Crippen molar-refractivity contribution in [2.45, 2.75) is 33.4 Å². The number of benzene rings is 1. The van der Waals surface area contributed by atoms with Crippen molar-refractivity contribution in [2.75, 3.05) is 0 Å². The molecule has 2 aromatic rings. The van der Waals surface area contributed by atoms with E-state index in [2.05, 4.69) is 68.1 Å². The third-order valence-corrected chi connectivity index (χ3v) is 3.49. The molecule has 1 aromatic heterocycles. The van der Waals surface area contributed by atoms with Gasteiger partial charge in [0.15, 0.2) is 0 Å². The summed E-state index contributed by atoms with van der Waals surface area (Å²) in [5.74, 6) is 0.472. The Balaban J connectivity index is 2.14. The number of hydrogen-bond donors (Lipinski definition) is 1. The van der Waals surface area contributed by atoms with E-state index in [0.29, 0.717) is 5.92 Å². The SMILES string of the molecule is Cc1ccccc1Cn1ccc(C(N)C(C)C)c1. The van der Waals surface area contributed by atoms with Gasteiger partial charge in [-0.1, -0.05) is 38.1 Å². The summed E-state index contributed by atoms with van der Waals surface area (Å²) in [6.45, 7) is 7.38. The Hall–Kier alpha value is -1.54. The predicted molar refractivity (Wildman–Crippen MR) is 76.5 cm³/mol. The minimum Gasteiger partial charge on any atom is -0.350 e. The molecule has 2 heteroatoms. The van der Waals surface area contributed by atoms with Crippen molar-refractivity contribution in [2.24, 2.45) is 11.7 Å². The van der Waals surface area contributed by atoms with Gasteiger partial charge in [-0.15, -0.1) is 0 Å². The van der Waals surface area contributed by atoms with E-state index in [1.165, 1.54) is 16.7 Å². The van der Waals surface area contributed by atoms with Crippen LogP contribution in [0.15, 0.2) is 42.7 Å². The first-order valence-electron chi connectivity index (χ1n) is 6.53. The Morgan fingerprint density at radius 1 is 1.17 bits per heavy atom. The van der Waals surface area contributed by atoms with Gasteiger partial charge in [0.25, 0.3) is 0 Å². The van der Waals surface area contributed by atoms with E-state index >= 15 is 0 Å². The molecule has 0 amide bonds. The molecule has 0 aliphatic heterocycles. The van der Waals surface area contributed by atoms with Gasteiger partial charge in [0, 0.05) is 25.0 Å². The zero-order valence-corrected chi connectivity index (χ0v) is 11.4. The van der Waals surface area contributed by atoms with Crippen LogP contribution < -0.4 is 5.73 Å². The molecule has 0 saturated heterocycles. The van der Waals surface area contributed by atoms with E-state index < -0.39 is 0 Å². The van der Waals surface area contributed by atoms with Crippen LogP contribution in [0.1, 0.15) is 36.6 Å². The molecule has 2 rings (SSSR count). The van der Waals surface area contributed by atoms with Crippen LogP contribution in [0.25, 0.3) is 0 Å². The average molecular weight is 242 g/mol. The van der Waals surface area contributed by atoms with Gasteiger partial charge < -0.3 is 10.3 Å². The first-order chi connectivity index (χ1) is 8.58. The molecule has 0 spiro atoms. The fraction of sp³-hybridized carbons (Fsp3) is 0.375. The van der Waals surface area contributed by atoms with Gasteiger partial charge in [-0.25, -0.2) is 0 Å². The smallest absolute Gasteiger partial charge is 0.0472 e. The zero-order chi connectivity index (χ0) is 13.1. The maximum absolute atomic E-state index is 6.16. The highest BCUT2D eigenvalue weighted by Gasteiger charge is 2.11. The Bertz CT molecular complexity index is 511. The average Bonchev–Trinajstić information content (AvgIpc) is 2.79. The van der Waals surface area contributed by atoms with Crippen LogP contribution >= 0.6 is 0 Å². The highest BCUT2D eigenvalue weighted by atomic mass is 14.9. The van der Waals surface area contributed by atoms with Gasteiger partial charge in [0.2, 0.25) is 0 Å². The van der Waals surface area contributed by atoms with Gasteiger partial charge in [-0.05, 0) is 35.6 Å². The van der Waals surface area contributed by atoms with Crippen molar-refractivity contribution in [1.82, 2.24) is 4.57 Å². The summed E-state index contributed by atoms with van der Waals surface area (Å²) >= 11 is 0. The Labute approximate surface area is 109 Å². The number of aryl methyl sites for hydroxylation is 1. The maximum atomic E-state index is 6.16. The largest absolute Gasteiger partial charge is 0.350 e. The van der Waals surface area contributed by atoms with Crippen molar-refractivity contribution in [3.63, 3.8) is 0 Å². The molecule has 2 nitrogen and oxygen atoms in total. The summed E-state index contributed by atoms with van der Waals surface area (Å²) in [5, 5.41) is 0. The minimum atomic E-state index is 0.128. The molecule has 0 aliphatic rings. The maximum Gasteiger partial charge on any atom is 0.0472 e. The fourth-order valence-electron chi connectivity index (χ4n) is 2.12. The highest BCUT2D eigenvalue weighted by molar-refractivity contribution is 5.26. The van der Waals surface area contributed by atoms with Crippen molar-refractivity contribution in [3.05, 3.63) is 59.4 Å². The van der Waals surface area contributed by atoms with Gasteiger partial charge in [-0.2, -0.15) is 0 Å². The second-order valence-electron chi connectivity index (χ2n) is 5.31. The Kier molecular flexibility index (Phi) is 3.87. The number of nitrogens with two attached hydrogens (primary N) is 1. The molecular weight excluding hydrogens is 220 g/mol. The molecule has 1 heterocycles. The molecule has 0 fully saturated rings. The molecule has 96 valence electrons. The summed E-state index contributed by atoms with van der Waals surface area (Å²) in [4.78, 5) is 0. The lowest BCUT2D eigenvalue weighted by molar-refractivity contribution is 0.513. The third-order valence-electron chi connectivity index (χ3n) is 3.49. The Morgan fingerprint density at radius 2 is 1.89 bits per heavy atom. The van der Waals surface area contributed by atoms with E-state index in [1.807, 2.05) is 0 Å². The first kappa shape index (κ1) is 12.9. The molecule has 1 unspecified atom stereocenters. The van der Waals surface area contributed by atoms with Crippen LogP contribution in [0, 0.1) is 12.8 Å². The molecular formula is C16H22N2. The van der Waals surface area contributed by atoms with Crippen LogP contribution in [0.3, 0.4) is 0 Å². The van der Waals surface area contributed by atoms with Gasteiger partial charge >= 0.3 is 0 Å². The summed E-state index contributed by atoms with van der Waals surface area (Å²) in [6.07, 6.45) is 4.28. The zero-order valence-electron chi connectivity index (χ0n) is 11.4. The summed E-state index contributed by atoms with van der Waals surface area (Å²) in [7, 11) is 0. The Morgan fingerprint density at radius 3 is 2.56 bits per heavy atom. The number of nitrogens with zero attached hydrogens (tertiary/aromatic N) is 1. The normalized spacial score (nSPS) is 12.9. The predicted octanol–water partition coefficient (Wildman–Crippen LogP) is 3.50. The van der Waals surface area contributed by atoms with E-state index in [4.69, 9.17) is 5.73 Å². The molecule has 18 heavy (non-hydrogen) atoms. The minimum absolute atomic E-state index is 0.128. The van der Waals surface area contributed by atoms with Crippen LogP contribution in [0.4, 0.5) is 0 Å². The number of hydrogen-bond acceptors (Lipinski definition) is 1. The molecule has 1 aromatic carbocycles. The molecule has 0 saturated carbocycles. The lowest BCUT2D eigenvalue weighted by atomic mass is 10.00. The van der Waals surface area contributed by atoms with E-state index in [0.717, 1.165) is 6.54 Å². The topological polar surface area (TPSA) is 30.9 Å². The van der Waals surface area contributed by atoms with Crippen molar-refractivity contribution >= 4 is 0 Å². The molecule has 0 radical (unpaired) electrons. The van der Waals surface area contributed by atoms with Gasteiger partial charge in [-0.3, -0.25) is 0 Å².